The standard InChI is InChI=1S/C11H12BrN3/c1-2-9-10(12)11-13-5-8(7-3-4-7)6-15(11)14-9/h5-7H,2-4H2,1H3. The van der Waals surface area contributed by atoms with Gasteiger partial charge in [-0.1, -0.05) is 6.92 Å². The molecule has 0 unspecified atom stereocenters. The van der Waals surface area contributed by atoms with Gasteiger partial charge in [0.05, 0.1) is 10.2 Å². The van der Waals surface area contributed by atoms with Crippen molar-refractivity contribution < 1.29 is 0 Å². The average molecular weight is 266 g/mol. The predicted molar refractivity (Wildman–Crippen MR) is 62.0 cm³/mol. The van der Waals surface area contributed by atoms with Crippen LogP contribution in [0.4, 0.5) is 0 Å². The van der Waals surface area contributed by atoms with E-state index in [1.807, 2.05) is 10.7 Å². The number of hydrogen-bond acceptors (Lipinski definition) is 2. The van der Waals surface area contributed by atoms with Gasteiger partial charge in [0.25, 0.3) is 0 Å². The van der Waals surface area contributed by atoms with E-state index in [2.05, 4.69) is 39.1 Å². The van der Waals surface area contributed by atoms with Gasteiger partial charge < -0.3 is 0 Å². The van der Waals surface area contributed by atoms with Crippen LogP contribution in [0.1, 0.15) is 36.9 Å². The number of aromatic nitrogens is 3. The van der Waals surface area contributed by atoms with Crippen molar-refractivity contribution in [3.05, 3.63) is 28.1 Å². The zero-order valence-electron chi connectivity index (χ0n) is 8.57. The van der Waals surface area contributed by atoms with Crippen LogP contribution in [0.3, 0.4) is 0 Å². The summed E-state index contributed by atoms with van der Waals surface area (Å²) >= 11 is 3.54. The molecule has 3 rings (SSSR count). The molecule has 0 amide bonds. The Balaban J connectivity index is 2.18. The number of aryl methyl sites for hydroxylation is 1. The fourth-order valence-electron chi connectivity index (χ4n) is 1.82. The van der Waals surface area contributed by atoms with Gasteiger partial charge in [0.1, 0.15) is 0 Å². The van der Waals surface area contributed by atoms with Gasteiger partial charge in [-0.3, -0.25) is 0 Å². The fraction of sp³-hybridized carbons (Fsp3) is 0.455. The van der Waals surface area contributed by atoms with Gasteiger partial charge in [-0.2, -0.15) is 5.10 Å². The minimum Gasteiger partial charge on any atom is -0.236 e. The minimum absolute atomic E-state index is 0.731. The lowest BCUT2D eigenvalue weighted by molar-refractivity contribution is 0.868. The Labute approximate surface area is 96.6 Å². The van der Waals surface area contributed by atoms with Crippen LogP contribution in [0.5, 0.6) is 0 Å². The molecule has 1 fully saturated rings. The normalized spacial score (nSPS) is 16.1. The molecule has 0 aliphatic heterocycles. The van der Waals surface area contributed by atoms with Crippen molar-refractivity contribution in [1.82, 2.24) is 14.6 Å². The Morgan fingerprint density at radius 1 is 1.53 bits per heavy atom. The van der Waals surface area contributed by atoms with Gasteiger partial charge >= 0.3 is 0 Å². The van der Waals surface area contributed by atoms with Crippen LogP contribution in [0, 0.1) is 0 Å². The first-order valence-corrected chi connectivity index (χ1v) is 6.11. The lowest BCUT2D eigenvalue weighted by atomic mass is 10.2. The van der Waals surface area contributed by atoms with Crippen LogP contribution >= 0.6 is 15.9 Å². The molecule has 1 saturated carbocycles. The van der Waals surface area contributed by atoms with Gasteiger partial charge in [0, 0.05) is 12.4 Å². The van der Waals surface area contributed by atoms with Gasteiger partial charge in [0.15, 0.2) is 5.65 Å². The minimum atomic E-state index is 0.731. The highest BCUT2D eigenvalue weighted by atomic mass is 79.9. The van der Waals surface area contributed by atoms with Gasteiger partial charge in [-0.05, 0) is 46.7 Å². The van der Waals surface area contributed by atoms with E-state index in [0.717, 1.165) is 28.2 Å². The Morgan fingerprint density at radius 3 is 3.00 bits per heavy atom. The molecule has 0 saturated heterocycles. The number of nitrogens with zero attached hydrogens (tertiary/aromatic N) is 3. The molecule has 0 bridgehead atoms. The fourth-order valence-corrected chi connectivity index (χ4v) is 2.46. The Bertz CT molecular complexity index is 514. The summed E-state index contributed by atoms with van der Waals surface area (Å²) in [4.78, 5) is 4.46. The number of halogens is 1. The second-order valence-corrected chi connectivity index (χ2v) is 4.84. The van der Waals surface area contributed by atoms with E-state index in [9.17, 15) is 0 Å². The molecule has 0 aromatic carbocycles. The molecular formula is C11H12BrN3. The molecule has 4 heteroatoms. The number of hydrogen-bond donors (Lipinski definition) is 0. The van der Waals surface area contributed by atoms with E-state index in [0.29, 0.717) is 0 Å². The van der Waals surface area contributed by atoms with E-state index in [1.165, 1.54) is 18.4 Å². The third kappa shape index (κ3) is 1.47. The smallest absolute Gasteiger partial charge is 0.169 e. The Kier molecular flexibility index (Phi) is 2.06. The highest BCUT2D eigenvalue weighted by molar-refractivity contribution is 9.10. The lowest BCUT2D eigenvalue weighted by Gasteiger charge is -1.97. The molecule has 0 atom stereocenters. The van der Waals surface area contributed by atoms with Crippen molar-refractivity contribution in [3.63, 3.8) is 0 Å². The summed E-state index contributed by atoms with van der Waals surface area (Å²) in [6, 6.07) is 0. The number of fused-ring (bicyclic) bond motifs is 1. The summed E-state index contributed by atoms with van der Waals surface area (Å²) in [5, 5.41) is 4.51. The highest BCUT2D eigenvalue weighted by Gasteiger charge is 2.24. The van der Waals surface area contributed by atoms with Crippen LogP contribution in [-0.2, 0) is 6.42 Å². The summed E-state index contributed by atoms with van der Waals surface area (Å²) < 4.78 is 2.93. The third-order valence-corrected chi connectivity index (χ3v) is 3.70. The molecule has 78 valence electrons. The first-order chi connectivity index (χ1) is 7.29. The van der Waals surface area contributed by atoms with Crippen molar-refractivity contribution in [2.75, 3.05) is 0 Å². The van der Waals surface area contributed by atoms with E-state index in [-0.39, 0.29) is 0 Å². The second kappa shape index (κ2) is 3.30. The van der Waals surface area contributed by atoms with Crippen molar-refractivity contribution in [2.24, 2.45) is 0 Å². The molecule has 0 N–H and O–H groups in total. The monoisotopic (exact) mass is 265 g/mol. The topological polar surface area (TPSA) is 30.2 Å². The molecule has 0 radical (unpaired) electrons. The first-order valence-electron chi connectivity index (χ1n) is 5.32. The molecule has 2 heterocycles. The number of rotatable bonds is 2. The maximum Gasteiger partial charge on any atom is 0.169 e. The zero-order valence-corrected chi connectivity index (χ0v) is 10.2. The van der Waals surface area contributed by atoms with Gasteiger partial charge in [-0.25, -0.2) is 9.50 Å². The molecule has 15 heavy (non-hydrogen) atoms. The molecule has 0 spiro atoms. The summed E-state index contributed by atoms with van der Waals surface area (Å²) in [6.07, 6.45) is 7.64. The summed E-state index contributed by atoms with van der Waals surface area (Å²) in [5.41, 5.74) is 3.33. The predicted octanol–water partition coefficient (Wildman–Crippen LogP) is 2.93. The molecule has 2 aromatic rings. The van der Waals surface area contributed by atoms with Crippen LogP contribution in [0.2, 0.25) is 0 Å². The molecule has 3 nitrogen and oxygen atoms in total. The van der Waals surface area contributed by atoms with Crippen molar-refractivity contribution >= 4 is 21.6 Å². The highest BCUT2D eigenvalue weighted by Crippen LogP contribution is 2.39. The van der Waals surface area contributed by atoms with Crippen molar-refractivity contribution in [3.8, 4) is 0 Å². The zero-order chi connectivity index (χ0) is 10.4. The summed E-state index contributed by atoms with van der Waals surface area (Å²) in [6.45, 7) is 2.11. The van der Waals surface area contributed by atoms with Crippen molar-refractivity contribution in [2.45, 2.75) is 32.1 Å². The van der Waals surface area contributed by atoms with E-state index in [4.69, 9.17) is 0 Å². The van der Waals surface area contributed by atoms with Crippen LogP contribution in [0.15, 0.2) is 16.9 Å². The molecule has 1 aliphatic carbocycles. The lowest BCUT2D eigenvalue weighted by Crippen LogP contribution is -1.93. The SMILES string of the molecule is CCc1nn2cc(C3CC3)cnc2c1Br. The van der Waals surface area contributed by atoms with Gasteiger partial charge in [0.2, 0.25) is 0 Å². The van der Waals surface area contributed by atoms with E-state index in [1.54, 1.807) is 0 Å². The second-order valence-electron chi connectivity index (χ2n) is 4.04. The Morgan fingerprint density at radius 2 is 2.33 bits per heavy atom. The first kappa shape index (κ1) is 9.33. The quantitative estimate of drug-likeness (QED) is 0.836. The average Bonchev–Trinajstić information content (AvgIpc) is 3.05. The maximum absolute atomic E-state index is 4.51. The summed E-state index contributed by atoms with van der Waals surface area (Å²) in [7, 11) is 0. The molecular weight excluding hydrogens is 254 g/mol. The summed E-state index contributed by atoms with van der Waals surface area (Å²) in [5.74, 6) is 0.731. The molecule has 2 aromatic heterocycles. The largest absolute Gasteiger partial charge is 0.236 e. The Hall–Kier alpha value is -0.900. The van der Waals surface area contributed by atoms with Crippen LogP contribution in [-0.4, -0.2) is 14.6 Å². The van der Waals surface area contributed by atoms with Crippen LogP contribution < -0.4 is 0 Å². The van der Waals surface area contributed by atoms with E-state index >= 15 is 0 Å². The van der Waals surface area contributed by atoms with Crippen molar-refractivity contribution in [1.29, 1.82) is 0 Å². The molecule has 1 aliphatic rings. The maximum atomic E-state index is 4.51. The van der Waals surface area contributed by atoms with Gasteiger partial charge in [-0.15, -0.1) is 0 Å². The van der Waals surface area contributed by atoms with E-state index < -0.39 is 0 Å². The van der Waals surface area contributed by atoms with Crippen LogP contribution in [0.25, 0.3) is 5.65 Å². The third-order valence-electron chi connectivity index (χ3n) is 2.89.